The number of aromatic nitrogens is 3. The van der Waals surface area contributed by atoms with Crippen molar-refractivity contribution in [1.82, 2.24) is 20.1 Å². The van der Waals surface area contributed by atoms with Gasteiger partial charge in [-0.25, -0.2) is 4.39 Å². The predicted molar refractivity (Wildman–Crippen MR) is 74.9 cm³/mol. The van der Waals surface area contributed by atoms with Crippen molar-refractivity contribution in [3.8, 4) is 5.75 Å². The highest BCUT2D eigenvalue weighted by molar-refractivity contribution is 7.71. The summed E-state index contributed by atoms with van der Waals surface area (Å²) in [5.74, 6) is -0.853. The fourth-order valence-electron chi connectivity index (χ4n) is 2.12. The molecule has 1 fully saturated rings. The van der Waals surface area contributed by atoms with Crippen LogP contribution in [0.3, 0.4) is 0 Å². The van der Waals surface area contributed by atoms with Crippen molar-refractivity contribution in [3.05, 3.63) is 40.2 Å². The van der Waals surface area contributed by atoms with E-state index in [1.807, 2.05) is 4.57 Å². The van der Waals surface area contributed by atoms with E-state index in [-0.39, 0.29) is 12.1 Å². The molecular weight excluding hydrogens is 295 g/mol. The maximum atomic E-state index is 12.9. The molecule has 110 valence electrons. The van der Waals surface area contributed by atoms with Gasteiger partial charge >= 0.3 is 0 Å². The molecule has 6 nitrogen and oxygen atoms in total. The van der Waals surface area contributed by atoms with Crippen molar-refractivity contribution < 1.29 is 14.3 Å². The van der Waals surface area contributed by atoms with E-state index in [9.17, 15) is 14.3 Å². The normalized spacial score (nSPS) is 14.1. The van der Waals surface area contributed by atoms with Gasteiger partial charge < -0.3 is 10.4 Å². The van der Waals surface area contributed by atoms with E-state index in [0.717, 1.165) is 25.0 Å². The Morgan fingerprint density at radius 2 is 2.33 bits per heavy atom. The van der Waals surface area contributed by atoms with E-state index in [1.54, 1.807) is 0 Å². The zero-order valence-corrected chi connectivity index (χ0v) is 11.8. The summed E-state index contributed by atoms with van der Waals surface area (Å²) in [4.78, 5) is 12.0. The number of phenolic OH excluding ortho intramolecular Hbond substituents is 1. The number of H-pyrrole nitrogens is 1. The van der Waals surface area contributed by atoms with Crippen molar-refractivity contribution in [3.63, 3.8) is 0 Å². The van der Waals surface area contributed by atoms with Crippen LogP contribution in [0.5, 0.6) is 5.75 Å². The molecule has 0 radical (unpaired) electrons. The first-order valence-electron chi connectivity index (χ1n) is 6.49. The Bertz CT molecular complexity index is 751. The number of aromatic amines is 1. The number of rotatable bonds is 4. The number of nitrogens with one attached hydrogen (secondary N) is 2. The van der Waals surface area contributed by atoms with Crippen LogP contribution in [0.4, 0.5) is 4.39 Å². The Balaban J connectivity index is 1.73. The number of carbonyl (C=O) groups is 1. The first-order chi connectivity index (χ1) is 10.1. The smallest absolute Gasteiger partial charge is 0.255 e. The molecule has 8 heteroatoms. The van der Waals surface area contributed by atoms with Crippen molar-refractivity contribution >= 4 is 18.1 Å². The lowest BCUT2D eigenvalue weighted by atomic mass is 10.2. The van der Waals surface area contributed by atoms with Crippen molar-refractivity contribution in [2.24, 2.45) is 0 Å². The summed E-state index contributed by atoms with van der Waals surface area (Å²) in [5.41, 5.74) is 0.0171. The number of benzene rings is 1. The maximum Gasteiger partial charge on any atom is 0.255 e. The van der Waals surface area contributed by atoms with E-state index < -0.39 is 17.5 Å². The summed E-state index contributed by atoms with van der Waals surface area (Å²) in [7, 11) is 0. The van der Waals surface area contributed by atoms with Crippen LogP contribution < -0.4 is 5.32 Å². The number of nitrogens with zero attached hydrogens (tertiary/aromatic N) is 2. The molecule has 1 amide bonds. The first-order valence-corrected chi connectivity index (χ1v) is 6.89. The molecule has 21 heavy (non-hydrogen) atoms. The van der Waals surface area contributed by atoms with Crippen molar-refractivity contribution in [1.29, 1.82) is 0 Å². The Morgan fingerprint density at radius 1 is 1.57 bits per heavy atom. The predicted octanol–water partition coefficient (Wildman–Crippen LogP) is 2.05. The minimum Gasteiger partial charge on any atom is -0.507 e. The molecule has 3 N–H and O–H groups in total. The second-order valence-electron chi connectivity index (χ2n) is 4.89. The molecule has 3 rings (SSSR count). The highest BCUT2D eigenvalue weighted by atomic mass is 32.1. The van der Waals surface area contributed by atoms with Crippen LogP contribution in [-0.4, -0.2) is 25.8 Å². The van der Waals surface area contributed by atoms with Crippen molar-refractivity contribution in [2.75, 3.05) is 0 Å². The standard InChI is InChI=1S/C13H13FN4O2S/c14-7-1-4-9(10(19)5-7)12(20)15-6-11-16-17-13(21)18(11)8-2-3-8/h1,4-5,8,19H,2-3,6H2,(H,15,20)(H,17,21). The third kappa shape index (κ3) is 2.80. The van der Waals surface area contributed by atoms with E-state index in [0.29, 0.717) is 16.6 Å². The Labute approximate surface area is 124 Å². The Morgan fingerprint density at radius 3 is 3.00 bits per heavy atom. The largest absolute Gasteiger partial charge is 0.507 e. The van der Waals surface area contributed by atoms with Gasteiger partial charge in [0.1, 0.15) is 11.6 Å². The molecule has 0 bridgehead atoms. The van der Waals surface area contributed by atoms with E-state index >= 15 is 0 Å². The third-order valence-corrected chi connectivity index (χ3v) is 3.59. The van der Waals surface area contributed by atoms with Gasteiger partial charge in [-0.15, -0.1) is 0 Å². The van der Waals surface area contributed by atoms with Gasteiger partial charge in [-0.05, 0) is 37.2 Å². The maximum absolute atomic E-state index is 12.9. The van der Waals surface area contributed by atoms with Gasteiger partial charge in [-0.2, -0.15) is 5.10 Å². The molecule has 1 heterocycles. The number of phenols is 1. The van der Waals surface area contributed by atoms with Crippen molar-refractivity contribution in [2.45, 2.75) is 25.4 Å². The van der Waals surface area contributed by atoms with Crippen LogP contribution >= 0.6 is 12.2 Å². The molecule has 1 saturated carbocycles. The SMILES string of the molecule is O=C(NCc1n[nH]c(=S)n1C1CC1)c1ccc(F)cc1O. The van der Waals surface area contributed by atoms with Gasteiger partial charge in [0.25, 0.3) is 5.91 Å². The molecule has 0 aliphatic heterocycles. The summed E-state index contributed by atoms with van der Waals surface area (Å²) in [6.45, 7) is 0.180. The van der Waals surface area contributed by atoms with Crippen LogP contribution in [0, 0.1) is 10.6 Å². The minimum atomic E-state index is -0.598. The molecule has 0 atom stereocenters. The number of hydrogen-bond acceptors (Lipinski definition) is 4. The Kier molecular flexibility index (Phi) is 3.46. The number of halogens is 1. The molecule has 0 saturated heterocycles. The fraction of sp³-hybridized carbons (Fsp3) is 0.308. The van der Waals surface area contributed by atoms with E-state index in [1.165, 1.54) is 6.07 Å². The quantitative estimate of drug-likeness (QED) is 0.755. The van der Waals surface area contributed by atoms with Crippen LogP contribution in [0.25, 0.3) is 0 Å². The highest BCUT2D eigenvalue weighted by Crippen LogP contribution is 2.35. The van der Waals surface area contributed by atoms with Gasteiger partial charge in [-0.3, -0.25) is 14.5 Å². The summed E-state index contributed by atoms with van der Waals surface area (Å²) >= 11 is 5.15. The topological polar surface area (TPSA) is 82.9 Å². The lowest BCUT2D eigenvalue weighted by Gasteiger charge is -2.08. The van der Waals surface area contributed by atoms with E-state index in [4.69, 9.17) is 12.2 Å². The summed E-state index contributed by atoms with van der Waals surface area (Å²) in [5, 5.41) is 19.0. The number of aromatic hydroxyl groups is 1. The van der Waals surface area contributed by atoms with Gasteiger partial charge in [0.15, 0.2) is 10.6 Å². The van der Waals surface area contributed by atoms with E-state index in [2.05, 4.69) is 15.5 Å². The molecule has 2 aromatic rings. The number of carbonyl (C=O) groups excluding carboxylic acids is 1. The average Bonchev–Trinajstić information content (AvgIpc) is 3.20. The molecule has 1 aliphatic carbocycles. The summed E-state index contributed by atoms with van der Waals surface area (Å²) in [6, 6.07) is 3.60. The third-order valence-electron chi connectivity index (χ3n) is 3.30. The second kappa shape index (κ2) is 5.28. The lowest BCUT2D eigenvalue weighted by Crippen LogP contribution is -2.24. The monoisotopic (exact) mass is 308 g/mol. The van der Waals surface area contributed by atoms with Gasteiger partial charge in [-0.1, -0.05) is 0 Å². The van der Waals surface area contributed by atoms with Gasteiger partial charge in [0.05, 0.1) is 12.1 Å². The highest BCUT2D eigenvalue weighted by Gasteiger charge is 2.27. The zero-order valence-electron chi connectivity index (χ0n) is 11.0. The molecule has 0 unspecified atom stereocenters. The summed E-state index contributed by atoms with van der Waals surface area (Å²) in [6.07, 6.45) is 2.10. The summed E-state index contributed by atoms with van der Waals surface area (Å²) < 4.78 is 15.3. The molecular formula is C13H13FN4O2S. The molecule has 0 spiro atoms. The lowest BCUT2D eigenvalue weighted by molar-refractivity contribution is 0.0946. The number of hydrogen-bond donors (Lipinski definition) is 3. The van der Waals surface area contributed by atoms with Crippen LogP contribution in [0.15, 0.2) is 18.2 Å². The zero-order chi connectivity index (χ0) is 15.0. The minimum absolute atomic E-state index is 0.0171. The molecule has 1 aliphatic rings. The molecule has 1 aromatic carbocycles. The molecule has 1 aromatic heterocycles. The Hall–Kier alpha value is -2.22. The second-order valence-corrected chi connectivity index (χ2v) is 5.28. The van der Waals surface area contributed by atoms with Crippen LogP contribution in [-0.2, 0) is 6.54 Å². The van der Waals surface area contributed by atoms with Crippen LogP contribution in [0.1, 0.15) is 35.1 Å². The number of amides is 1. The first kappa shape index (κ1) is 13.7. The van der Waals surface area contributed by atoms with Gasteiger partial charge in [0, 0.05) is 12.1 Å². The van der Waals surface area contributed by atoms with Gasteiger partial charge in [0.2, 0.25) is 0 Å². The fourth-order valence-corrected chi connectivity index (χ4v) is 2.42. The van der Waals surface area contributed by atoms with Crippen LogP contribution in [0.2, 0.25) is 0 Å². The average molecular weight is 308 g/mol.